The van der Waals surface area contributed by atoms with Gasteiger partial charge in [0.05, 0.1) is 29.2 Å². The Kier molecular flexibility index (Phi) is 7.22. The molecule has 2 N–H and O–H groups in total. The predicted molar refractivity (Wildman–Crippen MR) is 152 cm³/mol. The van der Waals surface area contributed by atoms with Crippen LogP contribution in [0, 0.1) is 0 Å². The Balaban J connectivity index is 1.29. The van der Waals surface area contributed by atoms with E-state index in [0.29, 0.717) is 30.7 Å². The molecule has 3 aliphatic rings. The van der Waals surface area contributed by atoms with E-state index in [4.69, 9.17) is 9.73 Å². The number of aromatic nitrogens is 1. The molecule has 14 heteroatoms. The summed E-state index contributed by atoms with van der Waals surface area (Å²) in [6.45, 7) is 0.493. The number of anilines is 2. The van der Waals surface area contributed by atoms with Crippen LogP contribution >= 0.6 is 0 Å². The van der Waals surface area contributed by atoms with Crippen LogP contribution in [0.15, 0.2) is 77.0 Å². The minimum absolute atomic E-state index is 0.0349. The topological polar surface area (TPSA) is 115 Å². The van der Waals surface area contributed by atoms with Crippen molar-refractivity contribution in [3.05, 3.63) is 89.2 Å². The molecule has 4 heterocycles. The Morgan fingerprint density at radius 2 is 1.77 bits per heavy atom. The van der Waals surface area contributed by atoms with E-state index in [9.17, 15) is 22.8 Å². The Morgan fingerprint density at radius 3 is 2.51 bits per heavy atom. The fourth-order valence-corrected chi connectivity index (χ4v) is 4.96. The number of carbonyl (C=O) groups excluding carboxylic acids is 2. The van der Waals surface area contributed by atoms with Crippen LogP contribution in [-0.2, 0) is 20.5 Å². The van der Waals surface area contributed by atoms with Crippen molar-refractivity contribution in [2.75, 3.05) is 43.9 Å². The molecular weight excluding hydrogens is 565 g/mol. The first-order valence-electron chi connectivity index (χ1n) is 13.4. The van der Waals surface area contributed by atoms with Gasteiger partial charge >= 0.3 is 6.18 Å². The van der Waals surface area contributed by atoms with Crippen LogP contribution in [0.25, 0.3) is 0 Å². The number of ether oxygens (including phenoxy) is 1. The van der Waals surface area contributed by atoms with E-state index in [1.165, 1.54) is 14.8 Å². The number of likely N-dealkylation sites (N-methyl/N-ethyl adjacent to an activating group) is 1. The number of fused-ring (bicyclic) bond motifs is 1. The second-order valence-corrected chi connectivity index (χ2v) is 10.2. The minimum atomic E-state index is -4.64. The normalized spacial score (nSPS) is 20.6. The second-order valence-electron chi connectivity index (χ2n) is 10.2. The number of amides is 2. The van der Waals surface area contributed by atoms with Gasteiger partial charge in [-0.1, -0.05) is 48.5 Å². The first-order valence-corrected chi connectivity index (χ1v) is 13.4. The van der Waals surface area contributed by atoms with Crippen molar-refractivity contribution in [2.45, 2.75) is 18.7 Å². The lowest BCUT2D eigenvalue weighted by atomic mass is 10.0. The van der Waals surface area contributed by atoms with Crippen LogP contribution in [-0.4, -0.2) is 84.6 Å². The van der Waals surface area contributed by atoms with Crippen molar-refractivity contribution in [3.63, 3.8) is 0 Å². The standard InChI is InChI=1S/C29H27F3N8O3/c1-38-12-13-40(16-22(38)41)21-14-18(29(30,31)32)15-33-24(21)27-37-39(2)28(43-27)36-25-26(42)34-20-11-7-6-10-19(20)23(35-25)17-8-4-3-5-9-17/h3-11,14-15,25,28,36H,12-13,16H2,1-2H3,(H,34,42)/t25-,28?/m1/s1. The van der Waals surface area contributed by atoms with Gasteiger partial charge < -0.3 is 19.9 Å². The van der Waals surface area contributed by atoms with Crippen LogP contribution in [0.2, 0.25) is 0 Å². The lowest BCUT2D eigenvalue weighted by Crippen LogP contribution is -2.50. The molecule has 1 aromatic heterocycles. The molecule has 11 nitrogen and oxygen atoms in total. The van der Waals surface area contributed by atoms with E-state index in [0.717, 1.165) is 17.2 Å². The van der Waals surface area contributed by atoms with Gasteiger partial charge in [-0.3, -0.25) is 14.6 Å². The number of hydrogen-bond donors (Lipinski definition) is 2. The SMILES string of the molecule is CN1CCN(c2cc(C(F)(F)F)cnc2C2=NN(C)C(N[C@H]3N=C(c4ccccc4)c4ccccc4NC3=O)O2)CC1=O. The number of alkyl halides is 3. The lowest BCUT2D eigenvalue weighted by molar-refractivity contribution is -0.137. The van der Waals surface area contributed by atoms with Crippen molar-refractivity contribution in [1.29, 1.82) is 0 Å². The first-order chi connectivity index (χ1) is 20.6. The molecule has 2 atom stereocenters. The van der Waals surface area contributed by atoms with Crippen molar-refractivity contribution in [2.24, 2.45) is 10.1 Å². The number of nitrogens with zero attached hydrogens (tertiary/aromatic N) is 6. The van der Waals surface area contributed by atoms with Crippen LogP contribution < -0.4 is 15.5 Å². The van der Waals surface area contributed by atoms with E-state index in [1.54, 1.807) is 20.2 Å². The predicted octanol–water partition coefficient (Wildman–Crippen LogP) is 2.69. The summed E-state index contributed by atoms with van der Waals surface area (Å²) in [5.74, 6) is -0.749. The molecule has 222 valence electrons. The summed E-state index contributed by atoms with van der Waals surface area (Å²) in [6.07, 6.45) is -6.07. The highest BCUT2D eigenvalue weighted by Gasteiger charge is 2.38. The van der Waals surface area contributed by atoms with Gasteiger partial charge in [0.15, 0.2) is 6.17 Å². The molecule has 43 heavy (non-hydrogen) atoms. The fourth-order valence-electron chi connectivity index (χ4n) is 4.96. The summed E-state index contributed by atoms with van der Waals surface area (Å²) < 4.78 is 46.9. The zero-order valence-corrected chi connectivity index (χ0v) is 23.2. The average Bonchev–Trinajstić information content (AvgIpc) is 3.29. The number of para-hydroxylation sites is 1. The number of hydrazone groups is 1. The zero-order valence-electron chi connectivity index (χ0n) is 23.2. The number of rotatable bonds is 5. The number of benzodiazepines with no additional fused rings is 1. The minimum Gasteiger partial charge on any atom is -0.436 e. The summed E-state index contributed by atoms with van der Waals surface area (Å²) in [5, 5.41) is 11.7. The number of pyridine rings is 1. The van der Waals surface area contributed by atoms with Crippen molar-refractivity contribution in [3.8, 4) is 0 Å². The number of nitrogens with one attached hydrogen (secondary N) is 2. The van der Waals surface area contributed by atoms with E-state index >= 15 is 0 Å². The van der Waals surface area contributed by atoms with E-state index in [-0.39, 0.29) is 29.7 Å². The fraction of sp³-hybridized carbons (Fsp3) is 0.276. The molecule has 3 aromatic rings. The third kappa shape index (κ3) is 5.60. The third-order valence-corrected chi connectivity index (χ3v) is 7.30. The molecule has 1 fully saturated rings. The number of halogens is 3. The van der Waals surface area contributed by atoms with Gasteiger partial charge in [-0.25, -0.2) is 15.3 Å². The zero-order chi connectivity index (χ0) is 30.3. The summed E-state index contributed by atoms with van der Waals surface area (Å²) in [6, 6.07) is 17.7. The van der Waals surface area contributed by atoms with Crippen LogP contribution in [0.3, 0.4) is 0 Å². The molecular formula is C29H27F3N8O3. The van der Waals surface area contributed by atoms with Gasteiger partial charge in [-0.05, 0) is 12.1 Å². The Labute approximate surface area is 244 Å². The summed E-state index contributed by atoms with van der Waals surface area (Å²) >= 11 is 0. The average molecular weight is 593 g/mol. The van der Waals surface area contributed by atoms with Crippen LogP contribution in [0.4, 0.5) is 24.5 Å². The molecule has 1 unspecified atom stereocenters. The van der Waals surface area contributed by atoms with Gasteiger partial charge in [0, 0.05) is 44.5 Å². The van der Waals surface area contributed by atoms with Crippen molar-refractivity contribution >= 4 is 34.8 Å². The highest BCUT2D eigenvalue weighted by molar-refractivity contribution is 6.19. The summed E-state index contributed by atoms with van der Waals surface area (Å²) in [7, 11) is 3.22. The van der Waals surface area contributed by atoms with Gasteiger partial charge in [0.25, 0.3) is 11.8 Å². The Bertz CT molecular complexity index is 1630. The molecule has 2 amide bonds. The number of aliphatic imine (C=N–C) groups is 1. The maximum absolute atomic E-state index is 13.6. The largest absolute Gasteiger partial charge is 0.436 e. The number of benzene rings is 2. The lowest BCUT2D eigenvalue weighted by Gasteiger charge is -2.34. The molecule has 0 aliphatic carbocycles. The Hall–Kier alpha value is -4.98. The van der Waals surface area contributed by atoms with E-state index in [1.807, 2.05) is 48.5 Å². The van der Waals surface area contributed by atoms with Crippen LogP contribution in [0.5, 0.6) is 0 Å². The summed E-state index contributed by atoms with van der Waals surface area (Å²) in [5.41, 5.74) is 1.86. The molecule has 0 radical (unpaired) electrons. The number of piperazine rings is 1. The maximum Gasteiger partial charge on any atom is 0.417 e. The van der Waals surface area contributed by atoms with E-state index < -0.39 is 30.2 Å². The number of carbonyl (C=O) groups is 2. The first kappa shape index (κ1) is 28.2. The molecule has 3 aliphatic heterocycles. The van der Waals surface area contributed by atoms with Gasteiger partial charge in [0.1, 0.15) is 5.69 Å². The van der Waals surface area contributed by atoms with Crippen molar-refractivity contribution < 1.29 is 27.5 Å². The maximum atomic E-state index is 13.6. The monoisotopic (exact) mass is 592 g/mol. The quantitative estimate of drug-likeness (QED) is 0.468. The van der Waals surface area contributed by atoms with Gasteiger partial charge in [-0.2, -0.15) is 13.2 Å². The summed E-state index contributed by atoms with van der Waals surface area (Å²) in [4.78, 5) is 37.6. The van der Waals surface area contributed by atoms with Gasteiger partial charge in [-0.15, -0.1) is 5.10 Å². The Morgan fingerprint density at radius 1 is 1.02 bits per heavy atom. The molecule has 0 bridgehead atoms. The highest BCUT2D eigenvalue weighted by atomic mass is 19.4. The van der Waals surface area contributed by atoms with Gasteiger partial charge in [0.2, 0.25) is 12.3 Å². The smallest absolute Gasteiger partial charge is 0.417 e. The number of hydrogen-bond acceptors (Lipinski definition) is 9. The molecule has 0 spiro atoms. The molecule has 0 saturated carbocycles. The molecule has 6 rings (SSSR count). The van der Waals surface area contributed by atoms with Crippen LogP contribution in [0.1, 0.15) is 22.4 Å². The molecule has 1 saturated heterocycles. The van der Waals surface area contributed by atoms with Crippen molar-refractivity contribution in [1.82, 2.24) is 20.2 Å². The highest BCUT2D eigenvalue weighted by Crippen LogP contribution is 2.34. The second kappa shape index (κ2) is 11.0. The van der Waals surface area contributed by atoms with E-state index in [2.05, 4.69) is 20.7 Å². The molecule has 2 aromatic carbocycles. The third-order valence-electron chi connectivity index (χ3n) is 7.30.